The molecule has 0 saturated heterocycles. The van der Waals surface area contributed by atoms with Gasteiger partial charge in [-0.15, -0.1) is 16.8 Å². The molecule has 7 heteroatoms. The average molecular weight is 383 g/mol. The summed E-state index contributed by atoms with van der Waals surface area (Å²) in [6.07, 6.45) is 1.84. The summed E-state index contributed by atoms with van der Waals surface area (Å²) in [5, 5.41) is 9.57. The Morgan fingerprint density at radius 3 is 2.33 bits per heavy atom. The van der Waals surface area contributed by atoms with E-state index in [0.717, 1.165) is 27.9 Å². The van der Waals surface area contributed by atoms with Gasteiger partial charge in [-0.25, -0.2) is 0 Å². The molecule has 140 valence electrons. The molecule has 0 aliphatic carbocycles. The van der Waals surface area contributed by atoms with Crippen LogP contribution in [0.1, 0.15) is 0 Å². The minimum absolute atomic E-state index is 0.638. The maximum absolute atomic E-state index is 5.43. The highest BCUT2D eigenvalue weighted by molar-refractivity contribution is 7.99. The van der Waals surface area contributed by atoms with E-state index in [1.165, 1.54) is 0 Å². The minimum atomic E-state index is 0.638. The van der Waals surface area contributed by atoms with E-state index < -0.39 is 0 Å². The predicted octanol–water partition coefficient (Wildman–Crippen LogP) is 4.24. The van der Waals surface area contributed by atoms with Gasteiger partial charge >= 0.3 is 0 Å². The molecule has 0 unspecified atom stereocenters. The Bertz CT molecular complexity index is 923. The summed E-state index contributed by atoms with van der Waals surface area (Å²) in [4.78, 5) is 0. The van der Waals surface area contributed by atoms with Gasteiger partial charge in [0, 0.05) is 17.0 Å². The second kappa shape index (κ2) is 8.64. The number of rotatable bonds is 8. The van der Waals surface area contributed by atoms with E-state index in [-0.39, 0.29) is 0 Å². The summed E-state index contributed by atoms with van der Waals surface area (Å²) in [5.41, 5.74) is 1.82. The second-order valence-corrected chi connectivity index (χ2v) is 6.50. The largest absolute Gasteiger partial charge is 0.497 e. The minimum Gasteiger partial charge on any atom is -0.497 e. The molecule has 0 spiro atoms. The Morgan fingerprint density at radius 2 is 1.70 bits per heavy atom. The molecule has 0 bridgehead atoms. The van der Waals surface area contributed by atoms with Crippen LogP contribution in [0.5, 0.6) is 17.2 Å². The van der Waals surface area contributed by atoms with Gasteiger partial charge in [0.2, 0.25) is 0 Å². The monoisotopic (exact) mass is 383 g/mol. The van der Waals surface area contributed by atoms with E-state index in [4.69, 9.17) is 14.2 Å². The number of aromatic nitrogens is 3. The van der Waals surface area contributed by atoms with Crippen LogP contribution < -0.4 is 14.2 Å². The van der Waals surface area contributed by atoms with E-state index >= 15 is 0 Å². The number of hydrogen-bond acceptors (Lipinski definition) is 6. The lowest BCUT2D eigenvalue weighted by Crippen LogP contribution is -2.00. The SMILES string of the molecule is C=CCSc1nnc(-c2ccc(OC)c(OC)c2)n1-c1ccc(OC)cc1. The molecule has 0 aliphatic heterocycles. The smallest absolute Gasteiger partial charge is 0.196 e. The van der Waals surface area contributed by atoms with Crippen LogP contribution >= 0.6 is 11.8 Å². The number of hydrogen-bond donors (Lipinski definition) is 0. The summed E-state index contributed by atoms with van der Waals surface area (Å²) < 4.78 is 18.0. The third-order valence-corrected chi connectivity index (χ3v) is 4.86. The Morgan fingerprint density at radius 1 is 0.963 bits per heavy atom. The van der Waals surface area contributed by atoms with Crippen molar-refractivity contribution < 1.29 is 14.2 Å². The van der Waals surface area contributed by atoms with Gasteiger partial charge < -0.3 is 14.2 Å². The van der Waals surface area contributed by atoms with Gasteiger partial charge in [-0.3, -0.25) is 4.57 Å². The first-order chi connectivity index (χ1) is 13.2. The standard InChI is InChI=1S/C20H21N3O3S/c1-5-12-27-20-22-21-19(14-6-11-17(25-3)18(13-14)26-4)23(20)15-7-9-16(24-2)10-8-15/h5-11,13H,1,12H2,2-4H3. The molecule has 0 fully saturated rings. The molecule has 27 heavy (non-hydrogen) atoms. The van der Waals surface area contributed by atoms with E-state index in [2.05, 4.69) is 16.8 Å². The fourth-order valence-electron chi connectivity index (χ4n) is 2.62. The summed E-state index contributed by atoms with van der Waals surface area (Å²) in [6, 6.07) is 13.5. The third-order valence-electron chi connectivity index (χ3n) is 3.94. The third kappa shape index (κ3) is 3.93. The van der Waals surface area contributed by atoms with Gasteiger partial charge in [0.05, 0.1) is 21.3 Å². The molecule has 3 rings (SSSR count). The normalized spacial score (nSPS) is 10.5. The summed E-state index contributed by atoms with van der Waals surface area (Å²) in [7, 11) is 4.87. The number of thioether (sulfide) groups is 1. The van der Waals surface area contributed by atoms with Crippen molar-refractivity contribution in [3.05, 3.63) is 55.1 Å². The van der Waals surface area contributed by atoms with Crippen molar-refractivity contribution in [3.63, 3.8) is 0 Å². The topological polar surface area (TPSA) is 58.4 Å². The van der Waals surface area contributed by atoms with Crippen LogP contribution in [0.15, 0.2) is 60.3 Å². The zero-order chi connectivity index (χ0) is 19.2. The van der Waals surface area contributed by atoms with Crippen molar-refractivity contribution in [3.8, 4) is 34.3 Å². The quantitative estimate of drug-likeness (QED) is 0.428. The Labute approximate surface area is 162 Å². The molecular weight excluding hydrogens is 362 g/mol. The van der Waals surface area contributed by atoms with Crippen LogP contribution in [0.4, 0.5) is 0 Å². The maximum atomic E-state index is 5.43. The van der Waals surface area contributed by atoms with Crippen molar-refractivity contribution in [1.82, 2.24) is 14.8 Å². The highest BCUT2D eigenvalue weighted by Crippen LogP contribution is 2.34. The lowest BCUT2D eigenvalue weighted by atomic mass is 10.2. The zero-order valence-electron chi connectivity index (χ0n) is 15.5. The molecule has 0 saturated carbocycles. The number of methoxy groups -OCH3 is 3. The van der Waals surface area contributed by atoms with E-state index in [0.29, 0.717) is 17.3 Å². The molecule has 3 aromatic rings. The molecule has 0 aliphatic rings. The number of ether oxygens (including phenoxy) is 3. The highest BCUT2D eigenvalue weighted by atomic mass is 32.2. The predicted molar refractivity (Wildman–Crippen MR) is 107 cm³/mol. The van der Waals surface area contributed by atoms with Crippen LogP contribution in [0.25, 0.3) is 17.1 Å². The second-order valence-electron chi connectivity index (χ2n) is 5.51. The Balaban J connectivity index is 2.12. The van der Waals surface area contributed by atoms with Crippen molar-refractivity contribution in [1.29, 1.82) is 0 Å². The molecule has 6 nitrogen and oxygen atoms in total. The highest BCUT2D eigenvalue weighted by Gasteiger charge is 2.17. The van der Waals surface area contributed by atoms with Crippen LogP contribution in [0.3, 0.4) is 0 Å². The summed E-state index contributed by atoms with van der Waals surface area (Å²) >= 11 is 1.57. The number of nitrogens with zero attached hydrogens (tertiary/aromatic N) is 3. The average Bonchev–Trinajstić information content (AvgIpc) is 3.15. The fourth-order valence-corrected chi connectivity index (χ4v) is 3.31. The number of benzene rings is 2. The molecule has 1 aromatic heterocycles. The molecule has 0 radical (unpaired) electrons. The molecule has 2 aromatic carbocycles. The Hall–Kier alpha value is -2.93. The maximum Gasteiger partial charge on any atom is 0.196 e. The molecule has 0 atom stereocenters. The van der Waals surface area contributed by atoms with Gasteiger partial charge in [0.1, 0.15) is 5.75 Å². The molecule has 0 amide bonds. The first-order valence-electron chi connectivity index (χ1n) is 8.27. The van der Waals surface area contributed by atoms with Crippen LogP contribution in [0, 0.1) is 0 Å². The van der Waals surface area contributed by atoms with Crippen molar-refractivity contribution >= 4 is 11.8 Å². The first-order valence-corrected chi connectivity index (χ1v) is 9.26. The summed E-state index contributed by atoms with van der Waals surface area (Å²) in [6.45, 7) is 3.78. The lowest BCUT2D eigenvalue weighted by molar-refractivity contribution is 0.355. The van der Waals surface area contributed by atoms with Gasteiger partial charge in [-0.1, -0.05) is 17.8 Å². The van der Waals surface area contributed by atoms with Gasteiger partial charge in [-0.05, 0) is 42.5 Å². The molecule has 0 N–H and O–H groups in total. The molecular formula is C20H21N3O3S. The lowest BCUT2D eigenvalue weighted by Gasteiger charge is -2.12. The van der Waals surface area contributed by atoms with E-state index in [9.17, 15) is 0 Å². The Kier molecular flexibility index (Phi) is 6.03. The van der Waals surface area contributed by atoms with Gasteiger partial charge in [0.25, 0.3) is 0 Å². The van der Waals surface area contributed by atoms with E-state index in [1.54, 1.807) is 33.1 Å². The van der Waals surface area contributed by atoms with E-state index in [1.807, 2.05) is 53.1 Å². The van der Waals surface area contributed by atoms with Crippen molar-refractivity contribution in [2.24, 2.45) is 0 Å². The van der Waals surface area contributed by atoms with Crippen molar-refractivity contribution in [2.45, 2.75) is 5.16 Å². The summed E-state index contributed by atoms with van der Waals surface area (Å²) in [5.74, 6) is 3.55. The fraction of sp³-hybridized carbons (Fsp3) is 0.200. The zero-order valence-corrected chi connectivity index (χ0v) is 16.3. The van der Waals surface area contributed by atoms with Crippen LogP contribution in [-0.2, 0) is 0 Å². The van der Waals surface area contributed by atoms with Gasteiger partial charge in [-0.2, -0.15) is 0 Å². The molecule has 1 heterocycles. The van der Waals surface area contributed by atoms with Crippen molar-refractivity contribution in [2.75, 3.05) is 27.1 Å². The first kappa shape index (κ1) is 18.8. The van der Waals surface area contributed by atoms with Crippen LogP contribution in [-0.4, -0.2) is 41.8 Å². The van der Waals surface area contributed by atoms with Crippen LogP contribution in [0.2, 0.25) is 0 Å². The van der Waals surface area contributed by atoms with Gasteiger partial charge in [0.15, 0.2) is 22.5 Å².